The van der Waals surface area contributed by atoms with Crippen molar-refractivity contribution < 1.29 is 37.1 Å². The van der Waals surface area contributed by atoms with Gasteiger partial charge in [0.25, 0.3) is 5.91 Å². The molecule has 1 aromatic carbocycles. The standard InChI is InChI=1S/C41H51N5O8S/c1-3-10-33(39(48)44-55(51,52)30-16-17-30)43-40(49)36-22-29(25-46(36)41(50)32(26-13-14-26)23-38(47)45-19-8-5-9-20-45)54-37-24-34(27-11-6-4-7-12-27)42-35-21-28(53-2)15-18-31(35)37/h3-4,6-7,11-12,21,24,26,29-30,32-33,36H,1,5,8-10,13-20,22-23,25H2,2H3,(H,43,49)(H,44,48)/t29?,32?,33-,36+/m1/s1. The van der Waals surface area contributed by atoms with Crippen molar-refractivity contribution in [1.29, 1.82) is 0 Å². The molecule has 3 aliphatic carbocycles. The number of ether oxygens (including phenoxy) is 2. The highest BCUT2D eigenvalue weighted by molar-refractivity contribution is 7.90. The van der Waals surface area contributed by atoms with Crippen molar-refractivity contribution in [3.8, 4) is 17.0 Å². The summed E-state index contributed by atoms with van der Waals surface area (Å²) in [6, 6.07) is 9.38. The van der Waals surface area contributed by atoms with E-state index in [4.69, 9.17) is 14.5 Å². The lowest BCUT2D eigenvalue weighted by atomic mass is 9.95. The lowest BCUT2D eigenvalue weighted by molar-refractivity contribution is -0.146. The number of aromatic nitrogens is 1. The Labute approximate surface area is 323 Å². The molecule has 294 valence electrons. The van der Waals surface area contributed by atoms with Gasteiger partial charge in [-0.3, -0.25) is 23.9 Å². The number of methoxy groups -OCH3 is 1. The van der Waals surface area contributed by atoms with Crippen LogP contribution >= 0.6 is 0 Å². The number of carbonyl (C=O) groups is 4. The van der Waals surface area contributed by atoms with Crippen LogP contribution < -0.4 is 14.8 Å². The number of sulfonamides is 1. The molecule has 4 fully saturated rings. The number of likely N-dealkylation sites (tertiary alicyclic amines) is 2. The fourth-order valence-corrected chi connectivity index (χ4v) is 9.30. The van der Waals surface area contributed by atoms with Gasteiger partial charge >= 0.3 is 0 Å². The molecule has 14 heteroatoms. The number of benzene rings is 1. The van der Waals surface area contributed by atoms with Gasteiger partial charge in [-0.05, 0) is 63.7 Å². The number of fused-ring (bicyclic) bond motifs is 1. The number of hydrogen-bond acceptors (Lipinski definition) is 9. The summed E-state index contributed by atoms with van der Waals surface area (Å²) in [5, 5.41) is 2.11. The Hall–Kier alpha value is -4.72. The predicted molar refractivity (Wildman–Crippen MR) is 206 cm³/mol. The highest BCUT2D eigenvalue weighted by Gasteiger charge is 2.48. The van der Waals surface area contributed by atoms with Crippen molar-refractivity contribution in [2.45, 2.75) is 100 Å². The van der Waals surface area contributed by atoms with Gasteiger partial charge in [0.05, 0.1) is 36.1 Å². The lowest BCUT2D eigenvalue weighted by Crippen LogP contribution is -2.54. The summed E-state index contributed by atoms with van der Waals surface area (Å²) in [5.74, 6) is -0.925. The van der Waals surface area contributed by atoms with E-state index in [0.717, 1.165) is 54.7 Å². The third kappa shape index (κ3) is 9.06. The number of rotatable bonds is 15. The molecule has 2 N–H and O–H groups in total. The molecule has 2 saturated carbocycles. The van der Waals surface area contributed by atoms with Crippen molar-refractivity contribution in [2.75, 3.05) is 26.7 Å². The average molecular weight is 774 g/mol. The number of piperidine rings is 1. The van der Waals surface area contributed by atoms with Crippen molar-refractivity contribution in [1.82, 2.24) is 24.8 Å². The van der Waals surface area contributed by atoms with Crippen LogP contribution in [0.15, 0.2) is 54.8 Å². The Morgan fingerprint density at radius 3 is 2.45 bits per heavy atom. The fraction of sp³-hybridized carbons (Fsp3) is 0.537. The largest absolute Gasteiger partial charge is 0.501 e. The summed E-state index contributed by atoms with van der Waals surface area (Å²) in [5.41, 5.74) is 3.22. The van der Waals surface area contributed by atoms with Crippen LogP contribution in [-0.2, 0) is 40.4 Å². The molecule has 4 atom stereocenters. The van der Waals surface area contributed by atoms with Gasteiger partial charge in [-0.15, -0.1) is 6.58 Å². The van der Waals surface area contributed by atoms with Gasteiger partial charge in [0.1, 0.15) is 23.9 Å². The zero-order valence-corrected chi connectivity index (χ0v) is 32.2. The summed E-state index contributed by atoms with van der Waals surface area (Å²) < 4.78 is 39.7. The predicted octanol–water partition coefficient (Wildman–Crippen LogP) is 4.13. The maximum absolute atomic E-state index is 14.6. The molecule has 2 aromatic rings. The molecule has 0 bridgehead atoms. The van der Waals surface area contributed by atoms with Crippen LogP contribution in [0.25, 0.3) is 17.3 Å². The maximum atomic E-state index is 14.6. The van der Waals surface area contributed by atoms with E-state index in [2.05, 4.69) is 16.6 Å². The maximum Gasteiger partial charge on any atom is 0.256 e. The Bertz CT molecular complexity index is 1940. The van der Waals surface area contributed by atoms with Gasteiger partial charge in [0, 0.05) is 61.5 Å². The molecule has 2 saturated heterocycles. The van der Waals surface area contributed by atoms with Crippen molar-refractivity contribution >= 4 is 39.7 Å². The normalized spacial score (nSPS) is 22.1. The van der Waals surface area contributed by atoms with Gasteiger partial charge in [0.15, 0.2) is 0 Å². The third-order valence-corrected chi connectivity index (χ3v) is 13.2. The van der Waals surface area contributed by atoms with Crippen molar-refractivity contribution in [2.24, 2.45) is 11.8 Å². The van der Waals surface area contributed by atoms with Crippen molar-refractivity contribution in [3.05, 3.63) is 66.1 Å². The van der Waals surface area contributed by atoms with E-state index in [1.165, 1.54) is 11.0 Å². The number of pyridine rings is 1. The summed E-state index contributed by atoms with van der Waals surface area (Å²) >= 11 is 0. The molecule has 55 heavy (non-hydrogen) atoms. The molecule has 1 aromatic heterocycles. The van der Waals surface area contributed by atoms with Crippen LogP contribution in [-0.4, -0.2) is 97.0 Å². The monoisotopic (exact) mass is 773 g/mol. The molecule has 2 aliphatic heterocycles. The number of nitrogens with zero attached hydrogens (tertiary/aromatic N) is 3. The van der Waals surface area contributed by atoms with Crippen LogP contribution in [0.2, 0.25) is 0 Å². The molecule has 0 radical (unpaired) electrons. The number of nitrogens with one attached hydrogen (secondary N) is 2. The van der Waals surface area contributed by atoms with Gasteiger partial charge in [0.2, 0.25) is 27.7 Å². The number of allylic oxidation sites excluding steroid dienone is 1. The van der Waals surface area contributed by atoms with E-state index in [-0.39, 0.29) is 43.5 Å². The molecule has 3 heterocycles. The average Bonchev–Trinajstić information content (AvgIpc) is 4.14. The quantitative estimate of drug-likeness (QED) is 0.254. The van der Waals surface area contributed by atoms with Crippen LogP contribution in [0.4, 0.5) is 0 Å². The van der Waals surface area contributed by atoms with E-state index in [1.807, 2.05) is 47.4 Å². The van der Waals surface area contributed by atoms with E-state index in [1.54, 1.807) is 7.11 Å². The first-order valence-corrected chi connectivity index (χ1v) is 21.1. The Morgan fingerprint density at radius 2 is 1.78 bits per heavy atom. The second-order valence-corrected chi connectivity index (χ2v) is 17.4. The smallest absolute Gasteiger partial charge is 0.256 e. The summed E-state index contributed by atoms with van der Waals surface area (Å²) in [6.45, 7) is 5.15. The van der Waals surface area contributed by atoms with Crippen LogP contribution in [0.3, 0.4) is 0 Å². The number of amides is 4. The van der Waals surface area contributed by atoms with Gasteiger partial charge in [-0.2, -0.15) is 0 Å². The van der Waals surface area contributed by atoms with E-state index in [0.29, 0.717) is 50.2 Å². The van der Waals surface area contributed by atoms with E-state index in [9.17, 15) is 27.6 Å². The minimum Gasteiger partial charge on any atom is -0.501 e. The van der Waals surface area contributed by atoms with Gasteiger partial charge in [-0.1, -0.05) is 36.4 Å². The minimum absolute atomic E-state index is 0.0181. The molecule has 4 amide bonds. The topological polar surface area (TPSA) is 164 Å². The van der Waals surface area contributed by atoms with E-state index < -0.39 is 51.2 Å². The minimum atomic E-state index is -3.87. The fourth-order valence-electron chi connectivity index (χ4n) is 7.95. The molecule has 5 aliphatic rings. The SMILES string of the molecule is C=CC[C@@H](NC(=O)[C@@H]1CC(Oc2cc(-c3ccccc3)nc3c2CCC(OC)=C3)CN1C(=O)C(CC(=O)N1CCCCC1)C1CC1)C(=O)NS(=O)(=O)C1CC1. The summed E-state index contributed by atoms with van der Waals surface area (Å²) in [4.78, 5) is 63.9. The Kier molecular flexibility index (Phi) is 11.6. The second-order valence-electron chi connectivity index (χ2n) is 15.4. The molecule has 0 spiro atoms. The van der Waals surface area contributed by atoms with Gasteiger partial charge < -0.3 is 24.6 Å². The zero-order valence-electron chi connectivity index (χ0n) is 31.4. The zero-order chi connectivity index (χ0) is 38.7. The summed E-state index contributed by atoms with van der Waals surface area (Å²) in [6.07, 6.45) is 9.76. The lowest BCUT2D eigenvalue weighted by Gasteiger charge is -2.31. The highest BCUT2D eigenvalue weighted by atomic mass is 32.2. The van der Waals surface area contributed by atoms with Gasteiger partial charge in [-0.25, -0.2) is 13.4 Å². The first kappa shape index (κ1) is 38.6. The van der Waals surface area contributed by atoms with Crippen LogP contribution in [0, 0.1) is 11.8 Å². The molecular weight excluding hydrogens is 723 g/mol. The number of carbonyl (C=O) groups excluding carboxylic acids is 4. The summed E-state index contributed by atoms with van der Waals surface area (Å²) in [7, 11) is -2.23. The first-order valence-electron chi connectivity index (χ1n) is 19.6. The highest BCUT2D eigenvalue weighted by Crippen LogP contribution is 2.42. The molecule has 7 rings (SSSR count). The second kappa shape index (κ2) is 16.6. The molecular formula is C41H51N5O8S. The molecule has 2 unspecified atom stereocenters. The third-order valence-electron chi connectivity index (χ3n) is 11.4. The van der Waals surface area contributed by atoms with Crippen molar-refractivity contribution in [3.63, 3.8) is 0 Å². The molecule has 13 nitrogen and oxygen atoms in total. The Morgan fingerprint density at radius 1 is 1.04 bits per heavy atom. The number of hydrogen-bond donors (Lipinski definition) is 2. The van der Waals surface area contributed by atoms with E-state index >= 15 is 0 Å². The van der Waals surface area contributed by atoms with Crippen LogP contribution in [0.1, 0.15) is 81.9 Å². The van der Waals surface area contributed by atoms with Crippen LogP contribution in [0.5, 0.6) is 5.75 Å². The Balaban J connectivity index is 1.17. The first-order chi connectivity index (χ1) is 26.5.